The van der Waals surface area contributed by atoms with Gasteiger partial charge in [0.2, 0.25) is 0 Å². The van der Waals surface area contributed by atoms with Gasteiger partial charge in [0.25, 0.3) is 17.1 Å². The van der Waals surface area contributed by atoms with Gasteiger partial charge in [-0.3, -0.25) is 14.4 Å². The number of nitrogens with zero attached hydrogens (tertiary/aromatic N) is 4. The minimum Gasteiger partial charge on any atom is -0.378 e. The van der Waals surface area contributed by atoms with Crippen molar-refractivity contribution in [1.29, 1.82) is 0 Å². The van der Waals surface area contributed by atoms with E-state index >= 15 is 0 Å². The van der Waals surface area contributed by atoms with Crippen molar-refractivity contribution in [3.05, 3.63) is 106 Å². The zero-order valence-corrected chi connectivity index (χ0v) is 24.6. The summed E-state index contributed by atoms with van der Waals surface area (Å²) in [5, 5.41) is 5.73. The number of hydrogen-bond acceptors (Lipinski definition) is 8. The molecule has 216 valence electrons. The van der Waals surface area contributed by atoms with E-state index in [1.165, 1.54) is 30.6 Å². The Morgan fingerprint density at radius 3 is 1.95 bits per heavy atom. The summed E-state index contributed by atoms with van der Waals surface area (Å²) >= 11 is 16.5. The average molecular weight is 628 g/mol. The van der Waals surface area contributed by atoms with Gasteiger partial charge in [0.1, 0.15) is 16.1 Å². The third-order valence-corrected chi connectivity index (χ3v) is 6.66. The zero-order chi connectivity index (χ0) is 30.1. The quantitative estimate of drug-likeness (QED) is 0.200. The van der Waals surface area contributed by atoms with Gasteiger partial charge in [-0.15, -0.1) is 0 Å². The Kier molecular flexibility index (Phi) is 10.8. The third kappa shape index (κ3) is 8.70. The second-order valence-corrected chi connectivity index (χ2v) is 10.1. The molecule has 0 unspecified atom stereocenters. The molecule has 1 fully saturated rings. The number of nitrogens with one attached hydrogen (secondary N) is 2. The number of benzene rings is 1. The first kappa shape index (κ1) is 30.9. The van der Waals surface area contributed by atoms with Crippen molar-refractivity contribution in [1.82, 2.24) is 15.0 Å². The number of pyridine rings is 3. The minimum absolute atomic E-state index is 0.240. The van der Waals surface area contributed by atoms with Gasteiger partial charge >= 0.3 is 0 Å². The Balaban J connectivity index is 0.000000343. The molecule has 0 aliphatic carbocycles. The van der Waals surface area contributed by atoms with Gasteiger partial charge in [0, 0.05) is 59.7 Å². The molecule has 1 aliphatic rings. The summed E-state index contributed by atoms with van der Waals surface area (Å²) in [5.41, 5.74) is 3.26. The van der Waals surface area contributed by atoms with Gasteiger partial charge in [-0.05, 0) is 72.6 Å². The number of aryl methyl sites for hydroxylation is 1. The number of carbonyl (C=O) groups excluding carboxylic acids is 3. The molecule has 1 aliphatic heterocycles. The summed E-state index contributed by atoms with van der Waals surface area (Å²) in [5.74, 6) is 0.169. The van der Waals surface area contributed by atoms with Gasteiger partial charge in [-0.25, -0.2) is 15.0 Å². The number of carbonyl (C=O) groups is 3. The molecule has 0 spiro atoms. The van der Waals surface area contributed by atoms with E-state index in [9.17, 15) is 14.4 Å². The van der Waals surface area contributed by atoms with Gasteiger partial charge in [-0.1, -0.05) is 29.3 Å². The van der Waals surface area contributed by atoms with Gasteiger partial charge in [0.05, 0.1) is 13.2 Å². The Morgan fingerprint density at radius 2 is 1.33 bits per heavy atom. The van der Waals surface area contributed by atoms with Crippen molar-refractivity contribution in [2.75, 3.05) is 41.8 Å². The molecule has 5 rings (SSSR count). The number of amides is 2. The fraction of sp³-hybridized carbons (Fsp3) is 0.172. The van der Waals surface area contributed by atoms with E-state index in [4.69, 9.17) is 39.5 Å². The molecule has 4 aromatic rings. The highest BCUT2D eigenvalue weighted by atomic mass is 35.5. The van der Waals surface area contributed by atoms with Crippen LogP contribution in [-0.4, -0.2) is 58.3 Å². The third-order valence-electron chi connectivity index (χ3n) is 6.03. The van der Waals surface area contributed by atoms with Crippen LogP contribution in [0.5, 0.6) is 0 Å². The molecule has 0 radical (unpaired) electrons. The lowest BCUT2D eigenvalue weighted by Crippen LogP contribution is -2.36. The molecular weight excluding hydrogens is 603 g/mol. The Hall–Kier alpha value is -4.09. The SMILES string of the molecule is Cc1ccc(NC(=O)c2ccnc(N3CCOCC3)c2)cc1NC(=O)c1ccnc(Cl)c1.O=C(Cl)c1ccnc(Cl)c1. The van der Waals surface area contributed by atoms with Crippen molar-refractivity contribution in [2.24, 2.45) is 0 Å². The lowest BCUT2D eigenvalue weighted by Gasteiger charge is -2.27. The first-order chi connectivity index (χ1) is 20.2. The van der Waals surface area contributed by atoms with Crippen molar-refractivity contribution in [2.45, 2.75) is 6.92 Å². The molecule has 1 saturated heterocycles. The molecule has 0 bridgehead atoms. The van der Waals surface area contributed by atoms with Crippen LogP contribution in [0.2, 0.25) is 10.3 Å². The van der Waals surface area contributed by atoms with Gasteiger partial charge < -0.3 is 20.3 Å². The predicted molar refractivity (Wildman–Crippen MR) is 163 cm³/mol. The van der Waals surface area contributed by atoms with E-state index in [2.05, 4.69) is 30.5 Å². The monoisotopic (exact) mass is 626 g/mol. The molecule has 2 amide bonds. The zero-order valence-electron chi connectivity index (χ0n) is 22.3. The van der Waals surface area contributed by atoms with E-state index in [-0.39, 0.29) is 22.1 Å². The predicted octanol–water partition coefficient (Wildman–Crippen LogP) is 5.89. The van der Waals surface area contributed by atoms with Crippen LogP contribution in [0.25, 0.3) is 0 Å². The van der Waals surface area contributed by atoms with E-state index < -0.39 is 5.24 Å². The summed E-state index contributed by atoms with van der Waals surface area (Å²) in [6, 6.07) is 14.8. The fourth-order valence-electron chi connectivity index (χ4n) is 3.83. The second-order valence-electron chi connectivity index (χ2n) is 8.95. The molecule has 4 heterocycles. The Labute approximate surface area is 257 Å². The minimum atomic E-state index is -0.524. The molecule has 42 heavy (non-hydrogen) atoms. The van der Waals surface area contributed by atoms with Crippen molar-refractivity contribution < 1.29 is 19.1 Å². The van der Waals surface area contributed by atoms with Crippen LogP contribution in [0.1, 0.15) is 36.6 Å². The number of aromatic nitrogens is 3. The Morgan fingerprint density at radius 1 is 0.762 bits per heavy atom. The van der Waals surface area contributed by atoms with Crippen molar-refractivity contribution >= 4 is 69.1 Å². The molecule has 13 heteroatoms. The van der Waals surface area contributed by atoms with Gasteiger partial charge in [0.15, 0.2) is 0 Å². The number of rotatable bonds is 6. The first-order valence-electron chi connectivity index (χ1n) is 12.6. The van der Waals surface area contributed by atoms with E-state index in [0.717, 1.165) is 24.5 Å². The van der Waals surface area contributed by atoms with Crippen molar-refractivity contribution in [3.8, 4) is 0 Å². The van der Waals surface area contributed by atoms with Crippen LogP contribution in [-0.2, 0) is 4.74 Å². The molecule has 0 saturated carbocycles. The fourth-order valence-corrected chi connectivity index (χ4v) is 4.29. The van der Waals surface area contributed by atoms with Crippen LogP contribution in [0, 0.1) is 6.92 Å². The number of ether oxygens (including phenoxy) is 1. The van der Waals surface area contributed by atoms with Crippen LogP contribution >= 0.6 is 34.8 Å². The number of halogens is 3. The summed E-state index contributed by atoms with van der Waals surface area (Å²) in [6.45, 7) is 4.63. The normalized spacial score (nSPS) is 12.5. The highest BCUT2D eigenvalue weighted by Gasteiger charge is 2.16. The van der Waals surface area contributed by atoms with Gasteiger partial charge in [-0.2, -0.15) is 0 Å². The second kappa shape index (κ2) is 14.7. The smallest absolute Gasteiger partial charge is 0.255 e. The first-order valence-corrected chi connectivity index (χ1v) is 13.8. The maximum atomic E-state index is 12.8. The lowest BCUT2D eigenvalue weighted by atomic mass is 10.1. The molecule has 3 aromatic heterocycles. The largest absolute Gasteiger partial charge is 0.378 e. The lowest BCUT2D eigenvalue weighted by molar-refractivity contribution is 0.101. The number of hydrogen-bond donors (Lipinski definition) is 2. The molecule has 2 N–H and O–H groups in total. The molecule has 0 atom stereocenters. The summed E-state index contributed by atoms with van der Waals surface area (Å²) in [6.07, 6.45) is 4.53. The van der Waals surface area contributed by atoms with Crippen LogP contribution in [0.3, 0.4) is 0 Å². The highest BCUT2D eigenvalue weighted by molar-refractivity contribution is 6.67. The van der Waals surface area contributed by atoms with Crippen LogP contribution < -0.4 is 15.5 Å². The molecule has 1 aromatic carbocycles. The highest BCUT2D eigenvalue weighted by Crippen LogP contribution is 2.23. The standard InChI is InChI=1S/C23H22ClN5O3.C6H3Cl2NO/c1-15-2-3-18(14-19(15)28-23(31)16-4-6-25-20(24)12-16)27-22(30)17-5-7-26-21(13-17)29-8-10-32-11-9-29;7-5-3-4(6(8)10)1-2-9-5/h2-7,12-14H,8-11H2,1H3,(H,27,30)(H,28,31);1-3H. The van der Waals surface area contributed by atoms with Crippen LogP contribution in [0.15, 0.2) is 73.2 Å². The van der Waals surface area contributed by atoms with E-state index in [1.807, 2.05) is 13.0 Å². The number of anilines is 3. The van der Waals surface area contributed by atoms with Crippen LogP contribution in [0.4, 0.5) is 17.2 Å². The topological polar surface area (TPSA) is 126 Å². The molecule has 10 nitrogen and oxygen atoms in total. The van der Waals surface area contributed by atoms with Crippen molar-refractivity contribution in [3.63, 3.8) is 0 Å². The average Bonchev–Trinajstić information content (AvgIpc) is 2.99. The maximum absolute atomic E-state index is 12.8. The van der Waals surface area contributed by atoms with E-state index in [0.29, 0.717) is 41.3 Å². The van der Waals surface area contributed by atoms with E-state index in [1.54, 1.807) is 36.5 Å². The molecular formula is C29H25Cl3N6O4. The summed E-state index contributed by atoms with van der Waals surface area (Å²) < 4.78 is 5.37. The summed E-state index contributed by atoms with van der Waals surface area (Å²) in [7, 11) is 0. The number of morpholine rings is 1. The Bertz CT molecular complexity index is 1600. The maximum Gasteiger partial charge on any atom is 0.255 e. The summed E-state index contributed by atoms with van der Waals surface area (Å²) in [4.78, 5) is 49.9.